The summed E-state index contributed by atoms with van der Waals surface area (Å²) < 4.78 is 0. The summed E-state index contributed by atoms with van der Waals surface area (Å²) in [5, 5.41) is 3.47. The molecule has 3 nitrogen and oxygen atoms in total. The zero-order valence-corrected chi connectivity index (χ0v) is 14.2. The average Bonchev–Trinajstić information content (AvgIpc) is 2.51. The molecule has 5 heteroatoms. The van der Waals surface area contributed by atoms with Crippen LogP contribution in [0.4, 0.5) is 0 Å². The highest BCUT2D eigenvalue weighted by Crippen LogP contribution is 2.38. The van der Waals surface area contributed by atoms with Crippen LogP contribution in [0.5, 0.6) is 0 Å². The molecular weight excluding hydrogens is 305 g/mol. The van der Waals surface area contributed by atoms with Gasteiger partial charge >= 0.3 is 0 Å². The van der Waals surface area contributed by atoms with Crippen LogP contribution in [-0.2, 0) is 0 Å². The maximum absolute atomic E-state index is 4.19. The first-order valence-electron chi connectivity index (χ1n) is 7.80. The van der Waals surface area contributed by atoms with Crippen LogP contribution in [-0.4, -0.2) is 36.1 Å². The van der Waals surface area contributed by atoms with Crippen molar-refractivity contribution in [1.29, 1.82) is 0 Å². The van der Waals surface area contributed by atoms with Crippen LogP contribution in [0.1, 0.15) is 43.7 Å². The number of halogens is 2. The number of hydrogen-bond acceptors (Lipinski definition) is 3. The molecule has 0 radical (unpaired) electrons. The molecule has 1 aliphatic carbocycles. The van der Waals surface area contributed by atoms with Crippen molar-refractivity contribution in [2.45, 2.75) is 38.1 Å². The molecule has 1 saturated carbocycles. The van der Waals surface area contributed by atoms with Crippen molar-refractivity contribution in [3.8, 4) is 0 Å². The fraction of sp³-hybridized carbons (Fsp3) is 0.688. The van der Waals surface area contributed by atoms with E-state index in [9.17, 15) is 0 Å². The van der Waals surface area contributed by atoms with E-state index in [1.54, 1.807) is 0 Å². The van der Waals surface area contributed by atoms with Crippen LogP contribution in [0.15, 0.2) is 24.5 Å². The molecule has 0 unspecified atom stereocenters. The average molecular weight is 332 g/mol. The van der Waals surface area contributed by atoms with E-state index in [0.717, 1.165) is 19.0 Å². The molecule has 1 aliphatic heterocycles. The summed E-state index contributed by atoms with van der Waals surface area (Å²) in [7, 11) is 0. The molecule has 1 saturated heterocycles. The van der Waals surface area contributed by atoms with Gasteiger partial charge in [-0.05, 0) is 36.5 Å². The van der Waals surface area contributed by atoms with Crippen LogP contribution in [0.25, 0.3) is 0 Å². The zero-order chi connectivity index (χ0) is 12.9. The Morgan fingerprint density at radius 1 is 1.00 bits per heavy atom. The van der Waals surface area contributed by atoms with Gasteiger partial charge in [-0.2, -0.15) is 0 Å². The lowest BCUT2D eigenvalue weighted by Gasteiger charge is -2.41. The highest BCUT2D eigenvalue weighted by Gasteiger charge is 2.30. The van der Waals surface area contributed by atoms with Crippen molar-refractivity contribution in [3.63, 3.8) is 0 Å². The standard InChI is InChI=1S/C16H25N3.2ClH/c1-2-4-14(5-3-1)16(15-6-8-17-9-7-15)19-12-10-18-11-13-19;;/h6-9,14,16,18H,1-5,10-13H2;2*1H/t16-;;/m0../s1. The first kappa shape index (κ1) is 18.7. The predicted octanol–water partition coefficient (Wildman–Crippen LogP) is 3.45. The zero-order valence-electron chi connectivity index (χ0n) is 12.5. The van der Waals surface area contributed by atoms with Gasteiger partial charge in [-0.15, -0.1) is 24.8 Å². The summed E-state index contributed by atoms with van der Waals surface area (Å²) in [6.07, 6.45) is 11.0. The van der Waals surface area contributed by atoms with Gasteiger partial charge in [0.1, 0.15) is 0 Å². The lowest BCUT2D eigenvalue weighted by atomic mass is 9.80. The Morgan fingerprint density at radius 2 is 1.62 bits per heavy atom. The summed E-state index contributed by atoms with van der Waals surface area (Å²) in [6.45, 7) is 4.63. The van der Waals surface area contributed by atoms with Crippen LogP contribution in [0, 0.1) is 5.92 Å². The van der Waals surface area contributed by atoms with E-state index in [1.807, 2.05) is 12.4 Å². The highest BCUT2D eigenvalue weighted by molar-refractivity contribution is 5.85. The first-order chi connectivity index (χ1) is 9.45. The van der Waals surface area contributed by atoms with Crippen molar-refractivity contribution < 1.29 is 0 Å². The van der Waals surface area contributed by atoms with Crippen molar-refractivity contribution in [2.75, 3.05) is 26.2 Å². The summed E-state index contributed by atoms with van der Waals surface area (Å²) in [5.74, 6) is 0.842. The number of nitrogens with zero attached hydrogens (tertiary/aromatic N) is 2. The molecule has 3 rings (SSSR count). The van der Waals surface area contributed by atoms with Gasteiger partial charge in [-0.1, -0.05) is 19.3 Å². The monoisotopic (exact) mass is 331 g/mol. The largest absolute Gasteiger partial charge is 0.314 e. The minimum absolute atomic E-state index is 0. The Morgan fingerprint density at radius 3 is 2.24 bits per heavy atom. The topological polar surface area (TPSA) is 28.2 Å². The minimum Gasteiger partial charge on any atom is -0.314 e. The molecule has 0 aromatic carbocycles. The van der Waals surface area contributed by atoms with Gasteiger partial charge in [0.25, 0.3) is 0 Å². The van der Waals surface area contributed by atoms with Gasteiger partial charge < -0.3 is 5.32 Å². The van der Waals surface area contributed by atoms with E-state index in [-0.39, 0.29) is 24.8 Å². The molecule has 21 heavy (non-hydrogen) atoms. The fourth-order valence-electron chi connectivity index (χ4n) is 3.75. The number of pyridine rings is 1. The van der Waals surface area contributed by atoms with Crippen LogP contribution < -0.4 is 5.32 Å². The van der Waals surface area contributed by atoms with E-state index < -0.39 is 0 Å². The molecule has 1 atom stereocenters. The maximum Gasteiger partial charge on any atom is 0.0378 e. The molecule has 0 spiro atoms. The number of piperazine rings is 1. The summed E-state index contributed by atoms with van der Waals surface area (Å²) in [4.78, 5) is 6.88. The Labute approximate surface area is 140 Å². The third-order valence-electron chi connectivity index (χ3n) is 4.69. The molecule has 2 heterocycles. The van der Waals surface area contributed by atoms with Crippen molar-refractivity contribution in [1.82, 2.24) is 15.2 Å². The Bertz CT molecular complexity index is 358. The lowest BCUT2D eigenvalue weighted by molar-refractivity contribution is 0.103. The number of rotatable bonds is 3. The van der Waals surface area contributed by atoms with Crippen molar-refractivity contribution in [3.05, 3.63) is 30.1 Å². The number of aromatic nitrogens is 1. The van der Waals surface area contributed by atoms with Gasteiger partial charge in [0, 0.05) is 44.6 Å². The SMILES string of the molecule is Cl.Cl.c1cc([C@H](C2CCCCC2)N2CCNCC2)ccn1. The second-order valence-electron chi connectivity index (χ2n) is 5.91. The summed E-state index contributed by atoms with van der Waals surface area (Å²) in [5.41, 5.74) is 1.48. The summed E-state index contributed by atoms with van der Waals surface area (Å²) >= 11 is 0. The van der Waals surface area contributed by atoms with Gasteiger partial charge in [0.2, 0.25) is 0 Å². The molecule has 1 aromatic heterocycles. The van der Waals surface area contributed by atoms with E-state index in [1.165, 1.54) is 50.8 Å². The molecule has 2 fully saturated rings. The second kappa shape index (κ2) is 9.62. The van der Waals surface area contributed by atoms with E-state index >= 15 is 0 Å². The van der Waals surface area contributed by atoms with E-state index in [4.69, 9.17) is 0 Å². The third kappa shape index (κ3) is 4.82. The smallest absolute Gasteiger partial charge is 0.0378 e. The third-order valence-corrected chi connectivity index (χ3v) is 4.69. The number of nitrogens with one attached hydrogen (secondary N) is 1. The molecule has 1 N–H and O–H groups in total. The Balaban J connectivity index is 0.00000110. The normalized spacial score (nSPS) is 21.9. The molecular formula is C16H27Cl2N3. The van der Waals surface area contributed by atoms with E-state index in [2.05, 4.69) is 27.3 Å². The fourth-order valence-corrected chi connectivity index (χ4v) is 3.75. The quantitative estimate of drug-likeness (QED) is 0.919. The van der Waals surface area contributed by atoms with Crippen molar-refractivity contribution >= 4 is 24.8 Å². The van der Waals surface area contributed by atoms with Gasteiger partial charge in [-0.25, -0.2) is 0 Å². The summed E-state index contributed by atoms with van der Waals surface area (Å²) in [6, 6.07) is 5.06. The first-order valence-corrected chi connectivity index (χ1v) is 7.80. The Hall–Kier alpha value is -0.350. The molecule has 1 aromatic rings. The van der Waals surface area contributed by atoms with Gasteiger partial charge in [0.05, 0.1) is 0 Å². The lowest BCUT2D eigenvalue weighted by Crippen LogP contribution is -2.47. The van der Waals surface area contributed by atoms with E-state index in [0.29, 0.717) is 6.04 Å². The highest BCUT2D eigenvalue weighted by atomic mass is 35.5. The second-order valence-corrected chi connectivity index (χ2v) is 5.91. The van der Waals surface area contributed by atoms with Gasteiger partial charge in [0.15, 0.2) is 0 Å². The maximum atomic E-state index is 4.19. The van der Waals surface area contributed by atoms with Crippen molar-refractivity contribution in [2.24, 2.45) is 5.92 Å². The molecule has 0 bridgehead atoms. The molecule has 2 aliphatic rings. The molecule has 120 valence electrons. The predicted molar refractivity (Wildman–Crippen MR) is 92.5 cm³/mol. The van der Waals surface area contributed by atoms with Crippen LogP contribution in [0.3, 0.4) is 0 Å². The minimum atomic E-state index is 0. The van der Waals surface area contributed by atoms with Crippen LogP contribution in [0.2, 0.25) is 0 Å². The molecule has 0 amide bonds. The number of hydrogen-bond donors (Lipinski definition) is 1. The Kier molecular flexibility index (Phi) is 8.57. The van der Waals surface area contributed by atoms with Gasteiger partial charge in [-0.3, -0.25) is 9.88 Å². The van der Waals surface area contributed by atoms with Crippen LogP contribution >= 0.6 is 24.8 Å².